The van der Waals surface area contributed by atoms with E-state index in [1.807, 2.05) is 11.8 Å². The predicted octanol–water partition coefficient (Wildman–Crippen LogP) is 0.200. The number of hydrogen-bond donors (Lipinski definition) is 3. The van der Waals surface area contributed by atoms with Crippen molar-refractivity contribution in [3.05, 3.63) is 0 Å². The van der Waals surface area contributed by atoms with Crippen molar-refractivity contribution in [2.45, 2.75) is 24.5 Å². The van der Waals surface area contributed by atoms with Crippen molar-refractivity contribution in [3.63, 3.8) is 0 Å². The lowest BCUT2D eigenvalue weighted by molar-refractivity contribution is -0.120. The monoisotopic (exact) mass is 302 g/mol. The Morgan fingerprint density at radius 2 is 2.20 bits per heavy atom. The first-order valence-electron chi connectivity index (χ1n) is 6.94. The molecule has 0 aliphatic carbocycles. The number of rotatable bonds is 7. The summed E-state index contributed by atoms with van der Waals surface area (Å²) in [5.41, 5.74) is 0. The molecule has 0 radical (unpaired) electrons. The summed E-state index contributed by atoms with van der Waals surface area (Å²) < 4.78 is 5.15. The van der Waals surface area contributed by atoms with Crippen molar-refractivity contribution < 1.29 is 9.53 Å². The fraction of sp³-hybridized carbons (Fsp3) is 0.846. The molecular formula is C13H26N4O2S. The number of aliphatic imine (C=N–C) groups is 1. The number of carbonyl (C=O) groups excluding carboxylic acids is 1. The van der Waals surface area contributed by atoms with Crippen LogP contribution in [0.25, 0.3) is 0 Å². The van der Waals surface area contributed by atoms with Gasteiger partial charge in [-0.1, -0.05) is 0 Å². The number of ether oxygens (including phenoxy) is 1. The lowest BCUT2D eigenvalue weighted by atomic mass is 10.1. The summed E-state index contributed by atoms with van der Waals surface area (Å²) in [6.07, 6.45) is 2.50. The largest absolute Gasteiger partial charge is 0.383 e. The van der Waals surface area contributed by atoms with Crippen LogP contribution >= 0.6 is 11.8 Å². The third kappa shape index (κ3) is 6.47. The third-order valence-electron chi connectivity index (χ3n) is 3.20. The zero-order valence-corrected chi connectivity index (χ0v) is 13.4. The first-order chi connectivity index (χ1) is 9.59. The highest BCUT2D eigenvalue weighted by Crippen LogP contribution is 2.36. The van der Waals surface area contributed by atoms with Crippen LogP contribution in [-0.4, -0.2) is 62.8 Å². The highest BCUT2D eigenvalue weighted by atomic mass is 32.2. The zero-order valence-electron chi connectivity index (χ0n) is 12.6. The van der Waals surface area contributed by atoms with Crippen LogP contribution in [0.1, 0.15) is 19.8 Å². The van der Waals surface area contributed by atoms with E-state index in [1.54, 1.807) is 14.2 Å². The Hall–Kier alpha value is -0.950. The molecule has 3 N–H and O–H groups in total. The number of amides is 1. The van der Waals surface area contributed by atoms with Crippen molar-refractivity contribution in [2.75, 3.05) is 46.2 Å². The maximum absolute atomic E-state index is 11.5. The smallest absolute Gasteiger partial charge is 0.239 e. The van der Waals surface area contributed by atoms with Gasteiger partial charge in [-0.25, -0.2) is 0 Å². The van der Waals surface area contributed by atoms with E-state index in [2.05, 4.69) is 27.9 Å². The Labute approximate surface area is 125 Å². The average molecular weight is 302 g/mol. The number of carbonyl (C=O) groups is 1. The summed E-state index contributed by atoms with van der Waals surface area (Å²) in [6.45, 7) is 4.39. The van der Waals surface area contributed by atoms with Gasteiger partial charge in [-0.15, -0.1) is 0 Å². The van der Waals surface area contributed by atoms with Gasteiger partial charge in [-0.2, -0.15) is 11.8 Å². The molecule has 0 bridgehead atoms. The number of methoxy groups -OCH3 is 1. The van der Waals surface area contributed by atoms with Crippen LogP contribution in [0.3, 0.4) is 0 Å². The van der Waals surface area contributed by atoms with Crippen LogP contribution in [0, 0.1) is 0 Å². The minimum atomic E-state index is -0.0635. The van der Waals surface area contributed by atoms with E-state index < -0.39 is 0 Å². The van der Waals surface area contributed by atoms with E-state index in [0.717, 1.165) is 6.54 Å². The van der Waals surface area contributed by atoms with Gasteiger partial charge in [0.15, 0.2) is 5.96 Å². The van der Waals surface area contributed by atoms with Gasteiger partial charge in [0.2, 0.25) is 5.91 Å². The van der Waals surface area contributed by atoms with E-state index in [4.69, 9.17) is 4.74 Å². The molecule has 1 aliphatic heterocycles. The Morgan fingerprint density at radius 1 is 1.40 bits per heavy atom. The van der Waals surface area contributed by atoms with Crippen LogP contribution in [0.5, 0.6) is 0 Å². The van der Waals surface area contributed by atoms with Gasteiger partial charge >= 0.3 is 0 Å². The van der Waals surface area contributed by atoms with Crippen molar-refractivity contribution in [3.8, 4) is 0 Å². The number of nitrogens with one attached hydrogen (secondary N) is 3. The fourth-order valence-corrected chi connectivity index (χ4v) is 3.23. The minimum absolute atomic E-state index is 0.0635. The quantitative estimate of drug-likeness (QED) is 0.356. The van der Waals surface area contributed by atoms with E-state index in [0.29, 0.717) is 19.1 Å². The molecule has 1 saturated heterocycles. The first-order valence-corrected chi connectivity index (χ1v) is 7.92. The van der Waals surface area contributed by atoms with Crippen molar-refractivity contribution in [2.24, 2.45) is 4.99 Å². The second-order valence-electron chi connectivity index (χ2n) is 5.02. The minimum Gasteiger partial charge on any atom is -0.383 e. The normalized spacial score (nSPS) is 22.6. The molecule has 0 aromatic heterocycles. The Balaban J connectivity index is 2.21. The highest BCUT2D eigenvalue weighted by molar-refractivity contribution is 8.00. The standard InChI is InChI=1S/C13H26N4O2S/c1-13(5-4-8-20-13)10-17-12(14-2)16-9-11(18)15-6-7-19-3/h4-10H2,1-3H3,(H,15,18)(H2,14,16,17). The van der Waals surface area contributed by atoms with Crippen molar-refractivity contribution in [1.29, 1.82) is 0 Å². The Bertz CT molecular complexity index is 330. The number of hydrogen-bond acceptors (Lipinski definition) is 4. The Morgan fingerprint density at radius 3 is 2.80 bits per heavy atom. The van der Waals surface area contributed by atoms with Crippen LogP contribution in [0.2, 0.25) is 0 Å². The van der Waals surface area contributed by atoms with Gasteiger partial charge in [-0.05, 0) is 25.5 Å². The second kappa shape index (κ2) is 9.07. The highest BCUT2D eigenvalue weighted by Gasteiger charge is 2.29. The van der Waals surface area contributed by atoms with Crippen LogP contribution in [-0.2, 0) is 9.53 Å². The second-order valence-corrected chi connectivity index (χ2v) is 6.71. The molecule has 0 spiro atoms. The van der Waals surface area contributed by atoms with E-state index in [9.17, 15) is 4.79 Å². The molecule has 0 aromatic rings. The van der Waals surface area contributed by atoms with Crippen molar-refractivity contribution >= 4 is 23.6 Å². The van der Waals surface area contributed by atoms with E-state index >= 15 is 0 Å². The van der Waals surface area contributed by atoms with Crippen LogP contribution in [0.4, 0.5) is 0 Å². The van der Waals surface area contributed by atoms with Crippen molar-refractivity contribution in [1.82, 2.24) is 16.0 Å². The molecular weight excluding hydrogens is 276 g/mol. The predicted molar refractivity (Wildman–Crippen MR) is 84.3 cm³/mol. The van der Waals surface area contributed by atoms with Gasteiger partial charge < -0.3 is 20.7 Å². The molecule has 6 nitrogen and oxygen atoms in total. The lowest BCUT2D eigenvalue weighted by Crippen LogP contribution is -2.47. The summed E-state index contributed by atoms with van der Waals surface area (Å²) in [4.78, 5) is 15.7. The molecule has 1 aliphatic rings. The van der Waals surface area contributed by atoms with Gasteiger partial charge in [-0.3, -0.25) is 9.79 Å². The maximum atomic E-state index is 11.5. The lowest BCUT2D eigenvalue weighted by Gasteiger charge is -2.24. The molecule has 7 heteroatoms. The van der Waals surface area contributed by atoms with Gasteiger partial charge in [0.25, 0.3) is 0 Å². The third-order valence-corrected chi connectivity index (χ3v) is 4.74. The maximum Gasteiger partial charge on any atom is 0.239 e. The fourth-order valence-electron chi connectivity index (χ4n) is 1.99. The molecule has 1 heterocycles. The summed E-state index contributed by atoms with van der Waals surface area (Å²) in [7, 11) is 3.32. The molecule has 20 heavy (non-hydrogen) atoms. The molecule has 116 valence electrons. The van der Waals surface area contributed by atoms with Gasteiger partial charge in [0, 0.05) is 32.0 Å². The summed E-state index contributed by atoms with van der Waals surface area (Å²) >= 11 is 2.00. The topological polar surface area (TPSA) is 74.8 Å². The van der Waals surface area contributed by atoms with E-state index in [1.165, 1.54) is 18.6 Å². The molecule has 0 aromatic carbocycles. The molecule has 0 saturated carbocycles. The summed E-state index contributed by atoms with van der Waals surface area (Å²) in [6, 6.07) is 0. The molecule has 1 amide bonds. The average Bonchev–Trinajstić information content (AvgIpc) is 2.86. The van der Waals surface area contributed by atoms with Crippen LogP contribution in [0.15, 0.2) is 4.99 Å². The number of nitrogens with zero attached hydrogens (tertiary/aromatic N) is 1. The summed E-state index contributed by atoms with van der Waals surface area (Å²) in [5, 5.41) is 9.06. The summed E-state index contributed by atoms with van der Waals surface area (Å²) in [5.74, 6) is 1.83. The number of guanidine groups is 1. The number of thioether (sulfide) groups is 1. The van der Waals surface area contributed by atoms with Crippen LogP contribution < -0.4 is 16.0 Å². The molecule has 1 atom stereocenters. The SMILES string of the molecule is CN=C(NCC(=O)NCCOC)NCC1(C)CCCS1. The zero-order chi connectivity index (χ0) is 14.8. The van der Waals surface area contributed by atoms with E-state index in [-0.39, 0.29) is 17.2 Å². The van der Waals surface area contributed by atoms with Gasteiger partial charge in [0.1, 0.15) is 0 Å². The Kier molecular flexibility index (Phi) is 7.76. The first kappa shape index (κ1) is 17.1. The molecule has 1 rings (SSSR count). The van der Waals surface area contributed by atoms with Gasteiger partial charge in [0.05, 0.1) is 13.2 Å². The molecule has 1 unspecified atom stereocenters. The molecule has 1 fully saturated rings.